The molecular weight excluding hydrogens is 342 g/mol. The molecule has 3 rings (SSSR count). The Bertz CT molecular complexity index is 1030. The van der Waals surface area contributed by atoms with Crippen molar-refractivity contribution in [1.29, 1.82) is 5.26 Å². The Balaban J connectivity index is 1.74. The molecule has 0 radical (unpaired) electrons. The lowest BCUT2D eigenvalue weighted by Crippen LogP contribution is -2.08. The maximum absolute atomic E-state index is 12.3. The van der Waals surface area contributed by atoms with Crippen molar-refractivity contribution in [2.24, 2.45) is 0 Å². The first kappa shape index (κ1) is 18.0. The van der Waals surface area contributed by atoms with E-state index in [1.807, 2.05) is 36.4 Å². The van der Waals surface area contributed by atoms with E-state index in [1.165, 1.54) is 13.2 Å². The van der Waals surface area contributed by atoms with E-state index in [4.69, 9.17) is 14.7 Å². The molecule has 0 fully saturated rings. The molecule has 1 heterocycles. The quantitative estimate of drug-likeness (QED) is 0.677. The Labute approximate surface area is 156 Å². The number of amides is 1. The second-order valence-corrected chi connectivity index (χ2v) is 5.56. The van der Waals surface area contributed by atoms with Crippen LogP contribution < -0.4 is 14.8 Å². The number of aromatic nitrogens is 1. The van der Waals surface area contributed by atoms with Gasteiger partial charge in [0.15, 0.2) is 18.1 Å². The number of nitriles is 1. The highest BCUT2D eigenvalue weighted by atomic mass is 16.5. The second kappa shape index (κ2) is 8.50. The topological polar surface area (TPSA) is 84.2 Å². The third kappa shape index (κ3) is 4.41. The lowest BCUT2D eigenvalue weighted by Gasteiger charge is -2.09. The third-order valence-electron chi connectivity index (χ3n) is 3.80. The molecule has 6 heteroatoms. The van der Waals surface area contributed by atoms with E-state index in [0.717, 1.165) is 16.5 Å². The predicted molar refractivity (Wildman–Crippen MR) is 104 cm³/mol. The Kier molecular flexibility index (Phi) is 5.65. The smallest absolute Gasteiger partial charge is 0.248 e. The lowest BCUT2D eigenvalue weighted by atomic mass is 10.1. The molecule has 134 valence electrons. The highest BCUT2D eigenvalue weighted by Gasteiger charge is 2.06. The van der Waals surface area contributed by atoms with Crippen LogP contribution in [0, 0.1) is 11.3 Å². The van der Waals surface area contributed by atoms with Crippen molar-refractivity contribution in [1.82, 2.24) is 4.98 Å². The lowest BCUT2D eigenvalue weighted by molar-refractivity contribution is -0.111. The predicted octanol–water partition coefficient (Wildman–Crippen LogP) is 3.80. The van der Waals surface area contributed by atoms with Crippen molar-refractivity contribution in [2.45, 2.75) is 0 Å². The van der Waals surface area contributed by atoms with Crippen LogP contribution >= 0.6 is 0 Å². The number of para-hydroxylation sites is 1. The maximum atomic E-state index is 12.3. The second-order valence-electron chi connectivity index (χ2n) is 5.56. The Hall–Kier alpha value is -3.85. The number of ether oxygens (including phenoxy) is 2. The number of methoxy groups -OCH3 is 1. The molecule has 0 aliphatic rings. The standard InChI is InChI=1S/C21H17N3O3/c1-26-19-14-15(7-9-18(19)27-13-11-22)8-10-20(25)24-17-6-2-4-16-5-3-12-23-21(16)17/h2-10,12,14H,13H2,1H3,(H,24,25)/b10-8+. The van der Waals surface area contributed by atoms with Crippen LogP contribution in [0.4, 0.5) is 5.69 Å². The number of nitrogens with one attached hydrogen (secondary N) is 1. The molecular formula is C21H17N3O3. The van der Waals surface area contributed by atoms with Crippen molar-refractivity contribution >= 4 is 28.6 Å². The van der Waals surface area contributed by atoms with Gasteiger partial charge in [0, 0.05) is 17.7 Å². The van der Waals surface area contributed by atoms with Gasteiger partial charge in [-0.1, -0.05) is 24.3 Å². The summed E-state index contributed by atoms with van der Waals surface area (Å²) in [7, 11) is 1.52. The fourth-order valence-electron chi connectivity index (χ4n) is 2.57. The first-order valence-electron chi connectivity index (χ1n) is 8.22. The van der Waals surface area contributed by atoms with Crippen LogP contribution in [-0.2, 0) is 4.79 Å². The fourth-order valence-corrected chi connectivity index (χ4v) is 2.57. The van der Waals surface area contributed by atoms with Gasteiger partial charge in [-0.2, -0.15) is 5.26 Å². The van der Waals surface area contributed by atoms with Crippen LogP contribution in [0.3, 0.4) is 0 Å². The summed E-state index contributed by atoms with van der Waals surface area (Å²) >= 11 is 0. The van der Waals surface area contributed by atoms with Gasteiger partial charge in [-0.15, -0.1) is 0 Å². The van der Waals surface area contributed by atoms with Gasteiger partial charge in [-0.25, -0.2) is 0 Å². The monoisotopic (exact) mass is 359 g/mol. The van der Waals surface area contributed by atoms with E-state index in [9.17, 15) is 4.79 Å². The minimum Gasteiger partial charge on any atom is -0.493 e. The highest BCUT2D eigenvalue weighted by molar-refractivity contribution is 6.06. The fraction of sp³-hybridized carbons (Fsp3) is 0.0952. The molecule has 0 spiro atoms. The largest absolute Gasteiger partial charge is 0.493 e. The maximum Gasteiger partial charge on any atom is 0.248 e. The molecule has 3 aromatic rings. The van der Waals surface area contributed by atoms with Crippen molar-refractivity contribution in [3.8, 4) is 17.6 Å². The van der Waals surface area contributed by atoms with Gasteiger partial charge in [0.1, 0.15) is 6.07 Å². The van der Waals surface area contributed by atoms with Crippen molar-refractivity contribution < 1.29 is 14.3 Å². The number of rotatable bonds is 6. The molecule has 1 amide bonds. The van der Waals surface area contributed by atoms with Crippen LogP contribution in [0.2, 0.25) is 0 Å². The van der Waals surface area contributed by atoms with Gasteiger partial charge < -0.3 is 14.8 Å². The molecule has 0 aliphatic carbocycles. The molecule has 1 N–H and O–H groups in total. The highest BCUT2D eigenvalue weighted by Crippen LogP contribution is 2.28. The molecule has 6 nitrogen and oxygen atoms in total. The van der Waals surface area contributed by atoms with Gasteiger partial charge in [-0.05, 0) is 35.9 Å². The van der Waals surface area contributed by atoms with Crippen LogP contribution in [0.25, 0.3) is 17.0 Å². The number of hydrogen-bond acceptors (Lipinski definition) is 5. The van der Waals surface area contributed by atoms with Gasteiger partial charge in [0.25, 0.3) is 0 Å². The zero-order chi connectivity index (χ0) is 19.1. The van der Waals surface area contributed by atoms with Gasteiger partial charge in [0.05, 0.1) is 18.3 Å². The number of fused-ring (bicyclic) bond motifs is 1. The van der Waals surface area contributed by atoms with E-state index in [-0.39, 0.29) is 12.5 Å². The van der Waals surface area contributed by atoms with Crippen molar-refractivity contribution in [3.63, 3.8) is 0 Å². The number of anilines is 1. The van der Waals surface area contributed by atoms with Crippen LogP contribution in [0.15, 0.2) is 60.8 Å². The summed E-state index contributed by atoms with van der Waals surface area (Å²) in [4.78, 5) is 16.6. The molecule has 2 aromatic carbocycles. The average molecular weight is 359 g/mol. The zero-order valence-corrected chi connectivity index (χ0v) is 14.7. The Morgan fingerprint density at radius 3 is 2.89 bits per heavy atom. The Morgan fingerprint density at radius 1 is 1.22 bits per heavy atom. The minimum absolute atomic E-state index is 0.0625. The number of carbonyl (C=O) groups excluding carboxylic acids is 1. The van der Waals surface area contributed by atoms with E-state index >= 15 is 0 Å². The Morgan fingerprint density at radius 2 is 2.07 bits per heavy atom. The van der Waals surface area contributed by atoms with Gasteiger partial charge in [0.2, 0.25) is 5.91 Å². The molecule has 0 aliphatic heterocycles. The number of benzene rings is 2. The molecule has 0 saturated heterocycles. The SMILES string of the molecule is COc1cc(/C=C/C(=O)Nc2cccc3cccnc23)ccc1OCC#N. The third-order valence-corrected chi connectivity index (χ3v) is 3.80. The van der Waals surface area contributed by atoms with E-state index < -0.39 is 0 Å². The number of nitrogens with zero attached hydrogens (tertiary/aromatic N) is 2. The average Bonchev–Trinajstić information content (AvgIpc) is 2.71. The van der Waals surface area contributed by atoms with Crippen molar-refractivity contribution in [3.05, 3.63) is 66.4 Å². The summed E-state index contributed by atoms with van der Waals surface area (Å²) in [6.07, 6.45) is 4.80. The molecule has 27 heavy (non-hydrogen) atoms. The number of pyridine rings is 1. The van der Waals surface area contributed by atoms with Crippen molar-refractivity contribution in [2.75, 3.05) is 19.0 Å². The van der Waals surface area contributed by atoms with Crippen LogP contribution in [0.1, 0.15) is 5.56 Å². The zero-order valence-electron chi connectivity index (χ0n) is 14.7. The van der Waals surface area contributed by atoms with E-state index in [2.05, 4.69) is 10.3 Å². The minimum atomic E-state index is -0.267. The van der Waals surface area contributed by atoms with Gasteiger partial charge in [-0.3, -0.25) is 9.78 Å². The normalized spacial score (nSPS) is 10.5. The van der Waals surface area contributed by atoms with E-state index in [1.54, 1.807) is 30.5 Å². The molecule has 0 bridgehead atoms. The first-order valence-corrected chi connectivity index (χ1v) is 8.22. The number of hydrogen-bond donors (Lipinski definition) is 1. The van der Waals surface area contributed by atoms with Gasteiger partial charge >= 0.3 is 0 Å². The molecule has 1 aromatic heterocycles. The molecule has 0 saturated carbocycles. The summed E-state index contributed by atoms with van der Waals surface area (Å²) in [5.74, 6) is 0.700. The molecule has 0 unspecified atom stereocenters. The summed E-state index contributed by atoms with van der Waals surface area (Å²) in [5.41, 5.74) is 2.16. The summed E-state index contributed by atoms with van der Waals surface area (Å²) < 4.78 is 10.5. The summed E-state index contributed by atoms with van der Waals surface area (Å²) in [6, 6.07) is 16.5. The van der Waals surface area contributed by atoms with Crippen LogP contribution in [0.5, 0.6) is 11.5 Å². The number of carbonyl (C=O) groups is 1. The van der Waals surface area contributed by atoms with Crippen LogP contribution in [-0.4, -0.2) is 24.6 Å². The molecule has 0 atom stereocenters. The summed E-state index contributed by atoms with van der Waals surface area (Å²) in [6.45, 7) is -0.0625. The van der Waals surface area contributed by atoms with E-state index in [0.29, 0.717) is 17.2 Å². The summed E-state index contributed by atoms with van der Waals surface area (Å²) in [5, 5.41) is 12.4. The first-order chi connectivity index (χ1) is 13.2.